The zero-order valence-electron chi connectivity index (χ0n) is 10.2. The molecule has 0 atom stereocenters. The molecule has 0 saturated heterocycles. The minimum Gasteiger partial charge on any atom is -0.311 e. The second-order valence-corrected chi connectivity index (χ2v) is 5.37. The fourth-order valence-corrected chi connectivity index (χ4v) is 2.23. The molecule has 0 radical (unpaired) electrons. The fraction of sp³-hybridized carbons (Fsp3) is 0.308. The molecule has 0 aliphatic carbocycles. The lowest BCUT2D eigenvalue weighted by Crippen LogP contribution is -2.13. The van der Waals surface area contributed by atoms with Gasteiger partial charge in [-0.2, -0.15) is 0 Å². The summed E-state index contributed by atoms with van der Waals surface area (Å²) in [5.41, 5.74) is 1.94. The molecule has 5 heteroatoms. The van der Waals surface area contributed by atoms with Gasteiger partial charge < -0.3 is 9.88 Å². The molecule has 0 aliphatic heterocycles. The molecule has 0 amide bonds. The third kappa shape index (κ3) is 3.34. The summed E-state index contributed by atoms with van der Waals surface area (Å²) in [4.78, 5) is 4.36. The Morgan fingerprint density at radius 1 is 1.44 bits per heavy atom. The third-order valence-corrected chi connectivity index (χ3v) is 3.37. The van der Waals surface area contributed by atoms with Crippen LogP contribution in [-0.4, -0.2) is 16.1 Å². The van der Waals surface area contributed by atoms with Crippen molar-refractivity contribution in [3.05, 3.63) is 45.9 Å². The van der Waals surface area contributed by atoms with Gasteiger partial charge in [-0.1, -0.05) is 34.5 Å². The number of rotatable bonds is 5. The van der Waals surface area contributed by atoms with Crippen LogP contribution < -0.4 is 5.32 Å². The molecule has 0 aliphatic rings. The second-order valence-electron chi connectivity index (χ2n) is 4.04. The van der Waals surface area contributed by atoms with Crippen LogP contribution in [0.2, 0.25) is 5.02 Å². The van der Waals surface area contributed by atoms with E-state index in [0.717, 1.165) is 35.4 Å². The average Bonchev–Trinajstić information content (AvgIpc) is 2.81. The first-order valence-corrected chi connectivity index (χ1v) is 7.07. The Morgan fingerprint density at radius 3 is 3.06 bits per heavy atom. The number of hydrogen-bond acceptors (Lipinski definition) is 2. The van der Waals surface area contributed by atoms with Crippen LogP contribution in [0.25, 0.3) is 5.69 Å². The van der Waals surface area contributed by atoms with Gasteiger partial charge in [0, 0.05) is 17.2 Å². The van der Waals surface area contributed by atoms with Gasteiger partial charge in [-0.15, -0.1) is 0 Å². The van der Waals surface area contributed by atoms with Crippen LogP contribution in [-0.2, 0) is 6.54 Å². The zero-order valence-corrected chi connectivity index (χ0v) is 12.5. The Bertz CT molecular complexity index is 525. The first-order valence-electron chi connectivity index (χ1n) is 5.89. The molecular formula is C13H15BrClN3. The van der Waals surface area contributed by atoms with Gasteiger partial charge in [-0.3, -0.25) is 0 Å². The molecule has 1 aromatic heterocycles. The Balaban J connectivity index is 2.16. The minimum absolute atomic E-state index is 0.712. The number of benzene rings is 1. The summed E-state index contributed by atoms with van der Waals surface area (Å²) in [6, 6.07) is 5.77. The van der Waals surface area contributed by atoms with Gasteiger partial charge in [0.25, 0.3) is 0 Å². The van der Waals surface area contributed by atoms with E-state index < -0.39 is 0 Å². The summed E-state index contributed by atoms with van der Waals surface area (Å²) in [6.07, 6.45) is 4.91. The highest BCUT2D eigenvalue weighted by Gasteiger charge is 2.05. The first-order chi connectivity index (χ1) is 8.70. The third-order valence-electron chi connectivity index (χ3n) is 2.56. The molecule has 96 valence electrons. The van der Waals surface area contributed by atoms with Gasteiger partial charge in [0.05, 0.1) is 22.7 Å². The molecule has 18 heavy (non-hydrogen) atoms. The molecular weight excluding hydrogens is 314 g/mol. The molecule has 0 saturated carbocycles. The summed E-state index contributed by atoms with van der Waals surface area (Å²) >= 11 is 9.63. The predicted octanol–water partition coefficient (Wildman–Crippen LogP) is 3.79. The summed E-state index contributed by atoms with van der Waals surface area (Å²) in [5, 5.41) is 4.04. The standard InChI is InChI=1S/C13H15BrClN3/c1-2-5-16-7-11-8-18(9-17-11)13-6-10(14)3-4-12(13)15/h3-4,6,8-9,16H,2,5,7H2,1H3. The predicted molar refractivity (Wildman–Crippen MR) is 78.3 cm³/mol. The highest BCUT2D eigenvalue weighted by atomic mass is 79.9. The zero-order chi connectivity index (χ0) is 13.0. The fourth-order valence-electron chi connectivity index (χ4n) is 1.66. The van der Waals surface area contributed by atoms with Crippen molar-refractivity contribution < 1.29 is 0 Å². The summed E-state index contributed by atoms with van der Waals surface area (Å²) in [6.45, 7) is 3.93. The lowest BCUT2D eigenvalue weighted by molar-refractivity contribution is 0.666. The van der Waals surface area contributed by atoms with Crippen molar-refractivity contribution >= 4 is 27.5 Å². The number of halogens is 2. The van der Waals surface area contributed by atoms with Gasteiger partial charge in [-0.25, -0.2) is 4.98 Å². The summed E-state index contributed by atoms with van der Waals surface area (Å²) < 4.78 is 2.94. The topological polar surface area (TPSA) is 29.9 Å². The van der Waals surface area contributed by atoms with Gasteiger partial charge in [0.15, 0.2) is 0 Å². The van der Waals surface area contributed by atoms with Gasteiger partial charge in [-0.05, 0) is 31.2 Å². The second kappa shape index (κ2) is 6.36. The largest absolute Gasteiger partial charge is 0.311 e. The van der Waals surface area contributed by atoms with E-state index in [-0.39, 0.29) is 0 Å². The number of imidazole rings is 1. The highest BCUT2D eigenvalue weighted by Crippen LogP contribution is 2.24. The molecule has 2 rings (SSSR count). The summed E-state index contributed by atoms with van der Waals surface area (Å²) in [5.74, 6) is 0. The van der Waals surface area contributed by atoms with Crippen molar-refractivity contribution in [2.75, 3.05) is 6.54 Å². The van der Waals surface area contributed by atoms with Crippen molar-refractivity contribution in [3.8, 4) is 5.69 Å². The van der Waals surface area contributed by atoms with Crippen LogP contribution in [0.4, 0.5) is 0 Å². The van der Waals surface area contributed by atoms with Crippen LogP contribution in [0.3, 0.4) is 0 Å². The molecule has 0 fully saturated rings. The molecule has 3 nitrogen and oxygen atoms in total. The minimum atomic E-state index is 0.712. The number of hydrogen-bond donors (Lipinski definition) is 1. The van der Waals surface area contributed by atoms with Crippen molar-refractivity contribution in [2.45, 2.75) is 19.9 Å². The molecule has 0 bridgehead atoms. The number of nitrogens with zero attached hydrogens (tertiary/aromatic N) is 2. The Kier molecular flexibility index (Phi) is 4.80. The van der Waals surface area contributed by atoms with E-state index in [2.05, 4.69) is 33.2 Å². The van der Waals surface area contributed by atoms with Crippen LogP contribution in [0.5, 0.6) is 0 Å². The lowest BCUT2D eigenvalue weighted by atomic mass is 10.3. The van der Waals surface area contributed by atoms with E-state index in [1.165, 1.54) is 0 Å². The Labute approximate surface area is 120 Å². The highest BCUT2D eigenvalue weighted by molar-refractivity contribution is 9.10. The van der Waals surface area contributed by atoms with Gasteiger partial charge in [0.1, 0.15) is 0 Å². The van der Waals surface area contributed by atoms with Gasteiger partial charge >= 0.3 is 0 Å². The van der Waals surface area contributed by atoms with Crippen LogP contribution >= 0.6 is 27.5 Å². The summed E-state index contributed by atoms with van der Waals surface area (Å²) in [7, 11) is 0. The van der Waals surface area contributed by atoms with Crippen molar-refractivity contribution in [1.29, 1.82) is 0 Å². The molecule has 1 N–H and O–H groups in total. The van der Waals surface area contributed by atoms with Crippen LogP contribution in [0.1, 0.15) is 19.0 Å². The van der Waals surface area contributed by atoms with E-state index in [9.17, 15) is 0 Å². The maximum Gasteiger partial charge on any atom is 0.0996 e. The smallest absolute Gasteiger partial charge is 0.0996 e. The van der Waals surface area contributed by atoms with E-state index in [4.69, 9.17) is 11.6 Å². The van der Waals surface area contributed by atoms with Crippen LogP contribution in [0.15, 0.2) is 35.2 Å². The van der Waals surface area contributed by atoms with E-state index >= 15 is 0 Å². The van der Waals surface area contributed by atoms with Crippen LogP contribution in [0, 0.1) is 0 Å². The molecule has 0 unspecified atom stereocenters. The first kappa shape index (κ1) is 13.6. The van der Waals surface area contributed by atoms with Gasteiger partial charge in [0.2, 0.25) is 0 Å². The van der Waals surface area contributed by atoms with E-state index in [1.54, 1.807) is 6.33 Å². The van der Waals surface area contributed by atoms with E-state index in [0.29, 0.717) is 5.02 Å². The van der Waals surface area contributed by atoms with Crippen molar-refractivity contribution in [3.63, 3.8) is 0 Å². The quantitative estimate of drug-likeness (QED) is 0.846. The SMILES string of the molecule is CCCNCc1cn(-c2cc(Br)ccc2Cl)cn1. The maximum absolute atomic E-state index is 6.18. The normalized spacial score (nSPS) is 10.8. The molecule has 1 aromatic carbocycles. The van der Waals surface area contributed by atoms with Crippen molar-refractivity contribution in [1.82, 2.24) is 14.9 Å². The molecule has 1 heterocycles. The molecule has 0 spiro atoms. The Morgan fingerprint density at radius 2 is 2.28 bits per heavy atom. The van der Waals surface area contributed by atoms with Crippen molar-refractivity contribution in [2.24, 2.45) is 0 Å². The lowest BCUT2D eigenvalue weighted by Gasteiger charge is -2.05. The average molecular weight is 329 g/mol. The number of aromatic nitrogens is 2. The monoisotopic (exact) mass is 327 g/mol. The Hall–Kier alpha value is -0.840. The maximum atomic E-state index is 6.18. The molecule has 2 aromatic rings. The number of nitrogens with one attached hydrogen (secondary N) is 1. The van der Waals surface area contributed by atoms with E-state index in [1.807, 2.05) is 29.0 Å².